The highest BCUT2D eigenvalue weighted by Gasteiger charge is 2.35. The molecule has 2 heterocycles. The zero-order chi connectivity index (χ0) is 21.1. The zero-order valence-electron chi connectivity index (χ0n) is 16.7. The average molecular weight is 443 g/mol. The van der Waals surface area contributed by atoms with E-state index in [2.05, 4.69) is 0 Å². The molecular formula is C23H23FN2O2S2. The highest BCUT2D eigenvalue weighted by atomic mass is 32.1. The third-order valence-corrected chi connectivity index (χ3v) is 6.91. The molecule has 0 radical (unpaired) electrons. The predicted octanol–water partition coefficient (Wildman–Crippen LogP) is 5.09. The van der Waals surface area contributed by atoms with Crippen molar-refractivity contribution in [1.29, 1.82) is 0 Å². The molecule has 0 saturated heterocycles. The van der Waals surface area contributed by atoms with Gasteiger partial charge in [-0.05, 0) is 61.0 Å². The Bertz CT molecular complexity index is 1010. The maximum atomic E-state index is 13.3. The number of rotatable bonds is 8. The molecule has 156 valence electrons. The van der Waals surface area contributed by atoms with Crippen LogP contribution in [0.2, 0.25) is 0 Å². The Labute approximate surface area is 183 Å². The number of amides is 2. The van der Waals surface area contributed by atoms with E-state index in [1.807, 2.05) is 30.5 Å². The van der Waals surface area contributed by atoms with Crippen LogP contribution in [0.15, 0.2) is 53.9 Å². The molecule has 0 spiro atoms. The molecule has 2 aromatic heterocycles. The lowest BCUT2D eigenvalue weighted by Gasteiger charge is -2.27. The molecule has 1 aromatic carbocycles. The summed E-state index contributed by atoms with van der Waals surface area (Å²) < 4.78 is 13.3. The van der Waals surface area contributed by atoms with E-state index in [1.54, 1.807) is 39.3 Å². The smallest absolute Gasteiger partial charge is 0.264 e. The van der Waals surface area contributed by atoms with Crippen molar-refractivity contribution in [3.05, 3.63) is 79.9 Å². The largest absolute Gasteiger partial charge is 0.332 e. The SMILES string of the molecule is Cc1ccc(CN(Cc2ccc(F)cc2)C(=O)CN(C(=O)c2cccs2)C2CC2)s1. The number of halogens is 1. The first-order chi connectivity index (χ1) is 14.5. The summed E-state index contributed by atoms with van der Waals surface area (Å²) in [5.41, 5.74) is 0.862. The summed E-state index contributed by atoms with van der Waals surface area (Å²) in [5.74, 6) is -0.469. The molecule has 0 bridgehead atoms. The summed E-state index contributed by atoms with van der Waals surface area (Å²) in [4.78, 5) is 32.6. The molecule has 2 amide bonds. The van der Waals surface area contributed by atoms with Crippen molar-refractivity contribution in [2.24, 2.45) is 0 Å². The molecule has 0 unspecified atom stereocenters. The summed E-state index contributed by atoms with van der Waals surface area (Å²) in [5, 5.41) is 1.88. The number of thiophene rings is 2. The lowest BCUT2D eigenvalue weighted by molar-refractivity contribution is -0.133. The first-order valence-corrected chi connectivity index (χ1v) is 11.6. The van der Waals surface area contributed by atoms with Crippen LogP contribution in [0.4, 0.5) is 4.39 Å². The maximum absolute atomic E-state index is 13.3. The Morgan fingerprint density at radius 1 is 1.07 bits per heavy atom. The van der Waals surface area contributed by atoms with E-state index in [1.165, 1.54) is 28.3 Å². The molecule has 0 atom stereocenters. The van der Waals surface area contributed by atoms with E-state index in [9.17, 15) is 14.0 Å². The van der Waals surface area contributed by atoms with Crippen molar-refractivity contribution in [1.82, 2.24) is 9.80 Å². The van der Waals surface area contributed by atoms with Crippen LogP contribution in [-0.4, -0.2) is 34.2 Å². The molecule has 0 aliphatic heterocycles. The normalized spacial score (nSPS) is 13.3. The van der Waals surface area contributed by atoms with E-state index >= 15 is 0 Å². The van der Waals surface area contributed by atoms with Crippen LogP contribution in [-0.2, 0) is 17.9 Å². The van der Waals surface area contributed by atoms with Crippen molar-refractivity contribution in [3.8, 4) is 0 Å². The molecule has 7 heteroatoms. The number of benzene rings is 1. The number of hydrogen-bond acceptors (Lipinski definition) is 4. The second kappa shape index (κ2) is 9.10. The molecule has 1 saturated carbocycles. The van der Waals surface area contributed by atoms with Gasteiger partial charge in [0.25, 0.3) is 5.91 Å². The van der Waals surface area contributed by atoms with E-state index in [0.29, 0.717) is 18.0 Å². The van der Waals surface area contributed by atoms with E-state index in [0.717, 1.165) is 23.3 Å². The Kier molecular flexibility index (Phi) is 6.29. The molecular weight excluding hydrogens is 419 g/mol. The van der Waals surface area contributed by atoms with Gasteiger partial charge >= 0.3 is 0 Å². The molecule has 1 aliphatic carbocycles. The van der Waals surface area contributed by atoms with Gasteiger partial charge in [-0.1, -0.05) is 18.2 Å². The Hall–Kier alpha value is -2.51. The molecule has 0 N–H and O–H groups in total. The van der Waals surface area contributed by atoms with Gasteiger partial charge in [0.2, 0.25) is 5.91 Å². The molecule has 1 aliphatic rings. The zero-order valence-corrected chi connectivity index (χ0v) is 18.3. The lowest BCUT2D eigenvalue weighted by atomic mass is 10.2. The molecule has 1 fully saturated rings. The summed E-state index contributed by atoms with van der Waals surface area (Å²) in [6.07, 6.45) is 1.87. The van der Waals surface area contributed by atoms with E-state index in [-0.39, 0.29) is 30.2 Å². The standard InChI is InChI=1S/C23H23FN2O2S2/c1-16-4-11-20(30-16)14-25(13-17-5-7-18(24)8-6-17)22(27)15-26(19-9-10-19)23(28)21-3-2-12-29-21/h2-8,11-12,19H,9-10,13-15H2,1H3. The Balaban J connectivity index is 1.52. The fourth-order valence-electron chi connectivity index (χ4n) is 3.34. The summed E-state index contributed by atoms with van der Waals surface area (Å²) in [6, 6.07) is 14.1. The number of hydrogen-bond donors (Lipinski definition) is 0. The Morgan fingerprint density at radius 2 is 1.83 bits per heavy atom. The van der Waals surface area contributed by atoms with Gasteiger partial charge in [-0.15, -0.1) is 22.7 Å². The van der Waals surface area contributed by atoms with Crippen molar-refractivity contribution in [3.63, 3.8) is 0 Å². The van der Waals surface area contributed by atoms with Gasteiger partial charge in [-0.2, -0.15) is 0 Å². The maximum Gasteiger partial charge on any atom is 0.264 e. The van der Waals surface area contributed by atoms with Gasteiger partial charge in [-0.3, -0.25) is 9.59 Å². The predicted molar refractivity (Wildman–Crippen MR) is 118 cm³/mol. The van der Waals surface area contributed by atoms with Crippen LogP contribution in [0, 0.1) is 12.7 Å². The van der Waals surface area contributed by atoms with Gasteiger partial charge in [0.15, 0.2) is 0 Å². The fraction of sp³-hybridized carbons (Fsp3) is 0.304. The molecule has 3 aromatic rings. The second-order valence-electron chi connectivity index (χ2n) is 7.53. The lowest BCUT2D eigenvalue weighted by Crippen LogP contribution is -2.43. The van der Waals surface area contributed by atoms with Crippen LogP contribution in [0.25, 0.3) is 0 Å². The third kappa shape index (κ3) is 5.15. The van der Waals surface area contributed by atoms with E-state index in [4.69, 9.17) is 0 Å². The van der Waals surface area contributed by atoms with E-state index < -0.39 is 0 Å². The van der Waals surface area contributed by atoms with Gasteiger partial charge in [-0.25, -0.2) is 4.39 Å². The van der Waals surface area contributed by atoms with Crippen molar-refractivity contribution in [2.45, 2.75) is 38.9 Å². The molecule has 4 nitrogen and oxygen atoms in total. The summed E-state index contributed by atoms with van der Waals surface area (Å²) in [7, 11) is 0. The Morgan fingerprint density at radius 3 is 2.43 bits per heavy atom. The molecule has 4 rings (SSSR count). The third-order valence-electron chi connectivity index (χ3n) is 5.07. The minimum absolute atomic E-state index is 0.0625. The fourth-order valence-corrected chi connectivity index (χ4v) is 4.93. The summed E-state index contributed by atoms with van der Waals surface area (Å²) in [6.45, 7) is 2.95. The van der Waals surface area contributed by atoms with Crippen molar-refractivity contribution < 1.29 is 14.0 Å². The first-order valence-electron chi connectivity index (χ1n) is 9.91. The van der Waals surface area contributed by atoms with Crippen LogP contribution in [0.5, 0.6) is 0 Å². The number of carbonyl (C=O) groups is 2. The quantitative estimate of drug-likeness (QED) is 0.488. The number of aryl methyl sites for hydroxylation is 1. The van der Waals surface area contributed by atoms with Crippen LogP contribution >= 0.6 is 22.7 Å². The second-order valence-corrected chi connectivity index (χ2v) is 9.85. The first kappa shape index (κ1) is 20.8. The minimum Gasteiger partial charge on any atom is -0.332 e. The monoisotopic (exact) mass is 442 g/mol. The topological polar surface area (TPSA) is 40.6 Å². The van der Waals surface area contributed by atoms with Gasteiger partial charge in [0.05, 0.1) is 11.4 Å². The van der Waals surface area contributed by atoms with Gasteiger partial charge in [0.1, 0.15) is 12.4 Å². The highest BCUT2D eigenvalue weighted by Crippen LogP contribution is 2.29. The van der Waals surface area contributed by atoms with Gasteiger partial charge in [0, 0.05) is 22.3 Å². The van der Waals surface area contributed by atoms with Crippen LogP contribution in [0.3, 0.4) is 0 Å². The van der Waals surface area contributed by atoms with Crippen LogP contribution in [0.1, 0.15) is 37.8 Å². The average Bonchev–Trinajstić information content (AvgIpc) is 3.25. The summed E-state index contributed by atoms with van der Waals surface area (Å²) >= 11 is 3.05. The van der Waals surface area contributed by atoms with Crippen molar-refractivity contribution in [2.75, 3.05) is 6.54 Å². The van der Waals surface area contributed by atoms with Crippen molar-refractivity contribution >= 4 is 34.5 Å². The number of carbonyl (C=O) groups excluding carboxylic acids is 2. The van der Waals surface area contributed by atoms with Crippen LogP contribution < -0.4 is 0 Å². The molecule has 30 heavy (non-hydrogen) atoms. The van der Waals surface area contributed by atoms with Gasteiger partial charge < -0.3 is 9.80 Å². The minimum atomic E-state index is -0.299. The highest BCUT2D eigenvalue weighted by molar-refractivity contribution is 7.12. The number of nitrogens with zero attached hydrogens (tertiary/aromatic N) is 2.